The lowest BCUT2D eigenvalue weighted by Crippen LogP contribution is -2.14. The first kappa shape index (κ1) is 26.1. The second kappa shape index (κ2) is 11.1. The largest absolute Gasteiger partial charge is 0.481 e. The Bertz CT molecular complexity index is 1620. The minimum atomic E-state index is -0.489. The summed E-state index contributed by atoms with van der Waals surface area (Å²) in [6, 6.07) is 17.8. The molecule has 1 atom stereocenters. The van der Waals surface area contributed by atoms with Crippen LogP contribution in [-0.4, -0.2) is 31.4 Å². The number of nitrogens with one attached hydrogen (secondary N) is 1. The van der Waals surface area contributed by atoms with Crippen molar-refractivity contribution in [3.05, 3.63) is 82.9 Å². The first-order chi connectivity index (χ1) is 18.3. The van der Waals surface area contributed by atoms with Gasteiger partial charge in [0.2, 0.25) is 5.91 Å². The third-order valence-electron chi connectivity index (χ3n) is 5.72. The first-order valence-electron chi connectivity index (χ1n) is 11.7. The van der Waals surface area contributed by atoms with Gasteiger partial charge in [-0.2, -0.15) is 0 Å². The Labute approximate surface area is 232 Å². The van der Waals surface area contributed by atoms with E-state index in [1.165, 1.54) is 35.5 Å². The maximum absolute atomic E-state index is 13.3. The summed E-state index contributed by atoms with van der Waals surface area (Å²) in [5, 5.41) is 13.0. The molecule has 2 heterocycles. The first-order valence-corrected chi connectivity index (χ1v) is 13.9. The van der Waals surface area contributed by atoms with Crippen molar-refractivity contribution in [3.63, 3.8) is 0 Å². The number of anilines is 1. The number of nitrogens with zero attached hydrogens (tertiary/aromatic N) is 4. The molecule has 5 rings (SSSR count). The number of fused-ring (bicyclic) bond motifs is 1. The molecule has 2 aromatic heterocycles. The van der Waals surface area contributed by atoms with Crippen molar-refractivity contribution in [1.29, 1.82) is 0 Å². The number of carbonyl (C=O) groups excluding carboxylic acids is 1. The van der Waals surface area contributed by atoms with Crippen LogP contribution >= 0.6 is 34.7 Å². The lowest BCUT2D eigenvalue weighted by atomic mass is 10.2. The number of benzene rings is 3. The van der Waals surface area contributed by atoms with E-state index in [9.17, 15) is 9.18 Å². The molecule has 0 aliphatic heterocycles. The Balaban J connectivity index is 1.17. The van der Waals surface area contributed by atoms with Gasteiger partial charge < -0.3 is 14.6 Å². The summed E-state index contributed by atoms with van der Waals surface area (Å²) in [6.45, 7) is 3.86. The third kappa shape index (κ3) is 5.82. The molecule has 0 fully saturated rings. The average molecular weight is 568 g/mol. The highest BCUT2D eigenvalue weighted by molar-refractivity contribution is 7.99. The minimum absolute atomic E-state index is 0.157. The molecule has 5 aromatic rings. The Morgan fingerprint density at radius 3 is 2.71 bits per heavy atom. The van der Waals surface area contributed by atoms with Gasteiger partial charge in [-0.1, -0.05) is 29.4 Å². The van der Waals surface area contributed by atoms with Crippen LogP contribution in [0, 0.1) is 12.7 Å². The molecule has 0 bridgehead atoms. The number of carbonyl (C=O) groups is 1. The number of thioether (sulfide) groups is 1. The molecule has 1 amide bonds. The fraction of sp³-hybridized carbons (Fsp3) is 0.185. The SMILES string of the molecule is Cc1ccc2nc(-c3ccc(NC(=O)CSc4nnc(C(C)Oc5ccc(F)cc5Cl)n4C)cc3)sc2c1. The number of halogens is 2. The molecule has 3 aromatic carbocycles. The second-order valence-electron chi connectivity index (χ2n) is 8.64. The molecule has 7 nitrogen and oxygen atoms in total. The zero-order chi connectivity index (χ0) is 26.8. The molecule has 0 spiro atoms. The number of aryl methyl sites for hydroxylation is 1. The van der Waals surface area contributed by atoms with Gasteiger partial charge in [-0.05, 0) is 74.0 Å². The summed E-state index contributed by atoms with van der Waals surface area (Å²) >= 11 is 8.97. The van der Waals surface area contributed by atoms with Crippen LogP contribution in [0.4, 0.5) is 10.1 Å². The lowest BCUT2D eigenvalue weighted by Gasteiger charge is -2.15. The molecule has 0 aliphatic rings. The third-order valence-corrected chi connectivity index (χ3v) is 8.10. The van der Waals surface area contributed by atoms with Gasteiger partial charge in [0, 0.05) is 18.3 Å². The van der Waals surface area contributed by atoms with Crippen LogP contribution in [0.25, 0.3) is 20.8 Å². The number of rotatable bonds is 8. The smallest absolute Gasteiger partial charge is 0.234 e. The number of thiazole rings is 1. The number of hydrogen-bond acceptors (Lipinski definition) is 7. The maximum atomic E-state index is 13.3. The topological polar surface area (TPSA) is 81.9 Å². The van der Waals surface area contributed by atoms with Crippen LogP contribution in [0.15, 0.2) is 65.8 Å². The summed E-state index contributed by atoms with van der Waals surface area (Å²) in [6.07, 6.45) is -0.489. The average Bonchev–Trinajstić information content (AvgIpc) is 3.47. The van der Waals surface area contributed by atoms with E-state index >= 15 is 0 Å². The molecule has 1 N–H and O–H groups in total. The zero-order valence-corrected chi connectivity index (χ0v) is 23.1. The molecular weight excluding hydrogens is 545 g/mol. The predicted octanol–water partition coefficient (Wildman–Crippen LogP) is 7.06. The lowest BCUT2D eigenvalue weighted by molar-refractivity contribution is -0.113. The van der Waals surface area contributed by atoms with Gasteiger partial charge in [-0.15, -0.1) is 21.5 Å². The number of ether oxygens (including phenoxy) is 1. The number of hydrogen-bond donors (Lipinski definition) is 1. The Morgan fingerprint density at radius 1 is 1.16 bits per heavy atom. The van der Waals surface area contributed by atoms with Crippen molar-refractivity contribution >= 4 is 56.5 Å². The quantitative estimate of drug-likeness (QED) is 0.202. The fourth-order valence-electron chi connectivity index (χ4n) is 3.80. The van der Waals surface area contributed by atoms with Gasteiger partial charge in [0.25, 0.3) is 0 Å². The highest BCUT2D eigenvalue weighted by Gasteiger charge is 2.19. The molecular formula is C27H23ClFN5O2S2. The second-order valence-corrected chi connectivity index (χ2v) is 11.0. The molecule has 38 heavy (non-hydrogen) atoms. The van der Waals surface area contributed by atoms with Gasteiger partial charge in [0.05, 0.1) is 21.0 Å². The van der Waals surface area contributed by atoms with Crippen LogP contribution in [0.3, 0.4) is 0 Å². The van der Waals surface area contributed by atoms with E-state index in [1.807, 2.05) is 30.3 Å². The van der Waals surface area contributed by atoms with E-state index in [2.05, 4.69) is 34.6 Å². The summed E-state index contributed by atoms with van der Waals surface area (Å²) in [4.78, 5) is 17.3. The van der Waals surface area contributed by atoms with Gasteiger partial charge in [0.15, 0.2) is 17.1 Å². The van der Waals surface area contributed by atoms with Crippen LogP contribution in [0.5, 0.6) is 5.75 Å². The van der Waals surface area contributed by atoms with Crippen molar-refractivity contribution in [2.45, 2.75) is 25.1 Å². The number of aromatic nitrogens is 4. The van der Waals surface area contributed by atoms with Crippen LogP contribution in [0.1, 0.15) is 24.4 Å². The molecule has 194 valence electrons. The van der Waals surface area contributed by atoms with E-state index in [-0.39, 0.29) is 16.7 Å². The van der Waals surface area contributed by atoms with Crippen LogP contribution in [0.2, 0.25) is 5.02 Å². The van der Waals surface area contributed by atoms with E-state index in [1.54, 1.807) is 29.9 Å². The van der Waals surface area contributed by atoms with Crippen molar-refractivity contribution in [3.8, 4) is 16.3 Å². The summed E-state index contributed by atoms with van der Waals surface area (Å²) in [7, 11) is 1.80. The maximum Gasteiger partial charge on any atom is 0.234 e. The van der Waals surface area contributed by atoms with Gasteiger partial charge in [-0.25, -0.2) is 9.37 Å². The van der Waals surface area contributed by atoms with Gasteiger partial charge in [0.1, 0.15) is 16.6 Å². The minimum Gasteiger partial charge on any atom is -0.481 e. The van der Waals surface area contributed by atoms with Crippen molar-refractivity contribution < 1.29 is 13.9 Å². The van der Waals surface area contributed by atoms with Gasteiger partial charge in [-0.3, -0.25) is 4.79 Å². The Hall–Kier alpha value is -3.47. The summed E-state index contributed by atoms with van der Waals surface area (Å²) in [5.41, 5.74) is 3.89. The molecule has 1 unspecified atom stereocenters. The molecule has 0 saturated carbocycles. The molecule has 0 radical (unpaired) electrons. The normalized spacial score (nSPS) is 12.0. The van der Waals surface area contributed by atoms with E-state index in [4.69, 9.17) is 21.3 Å². The van der Waals surface area contributed by atoms with Crippen molar-refractivity contribution in [2.75, 3.05) is 11.1 Å². The van der Waals surface area contributed by atoms with E-state index in [0.29, 0.717) is 22.4 Å². The van der Waals surface area contributed by atoms with Gasteiger partial charge >= 0.3 is 0 Å². The highest BCUT2D eigenvalue weighted by atomic mass is 35.5. The predicted molar refractivity (Wildman–Crippen MR) is 151 cm³/mol. The zero-order valence-electron chi connectivity index (χ0n) is 20.7. The van der Waals surface area contributed by atoms with E-state index < -0.39 is 11.9 Å². The fourth-order valence-corrected chi connectivity index (χ4v) is 5.80. The molecule has 0 aliphatic carbocycles. The van der Waals surface area contributed by atoms with Crippen molar-refractivity contribution in [2.24, 2.45) is 7.05 Å². The number of amides is 1. The Morgan fingerprint density at radius 2 is 1.95 bits per heavy atom. The van der Waals surface area contributed by atoms with Crippen LogP contribution in [-0.2, 0) is 11.8 Å². The van der Waals surface area contributed by atoms with E-state index in [0.717, 1.165) is 20.8 Å². The molecule has 0 saturated heterocycles. The highest BCUT2D eigenvalue weighted by Crippen LogP contribution is 2.32. The van der Waals surface area contributed by atoms with Crippen molar-refractivity contribution in [1.82, 2.24) is 19.7 Å². The summed E-state index contributed by atoms with van der Waals surface area (Å²) < 4.78 is 22.0. The van der Waals surface area contributed by atoms with Crippen LogP contribution < -0.4 is 10.1 Å². The molecule has 11 heteroatoms. The Kier molecular flexibility index (Phi) is 7.64. The monoisotopic (exact) mass is 567 g/mol. The standard InChI is InChI=1S/C27H23ClFN5O2S2/c1-15-4-10-21-23(12-15)38-26(31-21)17-5-8-19(9-6-17)30-24(35)14-37-27-33-32-25(34(27)3)16(2)36-22-11-7-18(29)13-20(22)28/h4-13,16H,14H2,1-3H3,(H,30,35). The summed E-state index contributed by atoms with van der Waals surface area (Å²) in [5.74, 6) is 0.453.